The number of para-hydroxylation sites is 1. The Bertz CT molecular complexity index is 980. The second-order valence-corrected chi connectivity index (χ2v) is 6.44. The first-order valence-electron chi connectivity index (χ1n) is 8.52. The topological polar surface area (TPSA) is 99.7 Å². The van der Waals surface area contributed by atoms with E-state index in [1.54, 1.807) is 10.9 Å². The lowest BCUT2D eigenvalue weighted by atomic mass is 9.96. The van der Waals surface area contributed by atoms with Crippen LogP contribution in [0.1, 0.15) is 24.6 Å². The van der Waals surface area contributed by atoms with Crippen molar-refractivity contribution < 1.29 is 0 Å². The number of benzene rings is 1. The third kappa shape index (κ3) is 3.25. The second-order valence-electron chi connectivity index (χ2n) is 6.44. The maximum Gasteiger partial charge on any atom is 0.340 e. The number of H-pyrrole nitrogens is 2. The molecule has 0 bridgehead atoms. The number of rotatable bonds is 4. The van der Waals surface area contributed by atoms with E-state index in [2.05, 4.69) is 25.1 Å². The molecule has 1 aromatic carbocycles. The predicted molar refractivity (Wildman–Crippen MR) is 93.6 cm³/mol. The number of hydrogen-bond donors (Lipinski definition) is 2. The van der Waals surface area contributed by atoms with Crippen LogP contribution in [0.3, 0.4) is 0 Å². The van der Waals surface area contributed by atoms with E-state index in [-0.39, 0.29) is 11.2 Å². The van der Waals surface area contributed by atoms with Gasteiger partial charge in [-0.2, -0.15) is 5.10 Å². The van der Waals surface area contributed by atoms with Crippen molar-refractivity contribution in [3.05, 3.63) is 57.3 Å². The van der Waals surface area contributed by atoms with Gasteiger partial charge in [-0.1, -0.05) is 12.1 Å². The lowest BCUT2D eigenvalue weighted by Crippen LogP contribution is -2.37. The molecule has 1 aliphatic heterocycles. The predicted octanol–water partition coefficient (Wildman–Crippen LogP) is 0.687. The van der Waals surface area contributed by atoms with Gasteiger partial charge >= 0.3 is 5.69 Å². The van der Waals surface area contributed by atoms with Crippen molar-refractivity contribution in [1.82, 2.24) is 29.6 Å². The maximum absolute atomic E-state index is 12.5. The zero-order chi connectivity index (χ0) is 17.2. The minimum absolute atomic E-state index is 0.00887. The zero-order valence-corrected chi connectivity index (χ0v) is 13.8. The third-order valence-corrected chi connectivity index (χ3v) is 4.88. The van der Waals surface area contributed by atoms with Crippen LogP contribution in [0.15, 0.2) is 40.2 Å². The number of nitrogens with one attached hydrogen (secondary N) is 2. The fraction of sp³-hybridized carbons (Fsp3) is 0.412. The highest BCUT2D eigenvalue weighted by atomic mass is 16.1. The Morgan fingerprint density at radius 1 is 1.12 bits per heavy atom. The summed E-state index contributed by atoms with van der Waals surface area (Å²) in [7, 11) is 0. The largest absolute Gasteiger partial charge is 0.340 e. The maximum atomic E-state index is 12.5. The Morgan fingerprint density at radius 2 is 1.92 bits per heavy atom. The van der Waals surface area contributed by atoms with Crippen molar-refractivity contribution >= 4 is 10.9 Å². The van der Waals surface area contributed by atoms with Crippen molar-refractivity contribution in [2.24, 2.45) is 0 Å². The molecule has 2 aromatic heterocycles. The Hall–Kier alpha value is -2.74. The second kappa shape index (κ2) is 6.64. The number of nitrogens with zero attached hydrogens (tertiary/aromatic N) is 4. The number of piperidine rings is 1. The molecule has 1 aliphatic rings. The molecule has 3 heterocycles. The van der Waals surface area contributed by atoms with Crippen LogP contribution in [0.2, 0.25) is 0 Å². The Kier molecular flexibility index (Phi) is 4.19. The number of likely N-dealkylation sites (tertiary alicyclic amines) is 1. The highest BCUT2D eigenvalue weighted by molar-refractivity contribution is 5.76. The molecule has 1 saturated heterocycles. The van der Waals surface area contributed by atoms with E-state index in [1.165, 1.54) is 0 Å². The van der Waals surface area contributed by atoms with Gasteiger partial charge in [-0.3, -0.25) is 14.3 Å². The molecule has 130 valence electrons. The summed E-state index contributed by atoms with van der Waals surface area (Å²) in [5.41, 5.74) is 0.493. The van der Waals surface area contributed by atoms with Gasteiger partial charge in [0.2, 0.25) is 0 Å². The minimum Gasteiger partial charge on any atom is -0.302 e. The van der Waals surface area contributed by atoms with E-state index in [9.17, 15) is 9.59 Å². The fourth-order valence-electron chi connectivity index (χ4n) is 3.42. The molecular weight excluding hydrogens is 320 g/mol. The van der Waals surface area contributed by atoms with Crippen LogP contribution in [0, 0.1) is 0 Å². The standard InChI is InChI=1S/C17H20N6O2/c24-16-13-3-1-2-4-14(13)18-11-23(16)10-9-22-7-5-12(6-8-22)15-19-17(25)21-20-15/h1-4,11-12H,5-10H2,(H2,19,20,21,25). The van der Waals surface area contributed by atoms with Gasteiger partial charge in [-0.15, -0.1) is 0 Å². The first-order chi connectivity index (χ1) is 12.2. The number of fused-ring (bicyclic) bond motifs is 1. The van der Waals surface area contributed by atoms with Crippen molar-refractivity contribution in [1.29, 1.82) is 0 Å². The van der Waals surface area contributed by atoms with E-state index in [4.69, 9.17) is 0 Å². The van der Waals surface area contributed by atoms with Crippen molar-refractivity contribution in [3.63, 3.8) is 0 Å². The van der Waals surface area contributed by atoms with Gasteiger partial charge in [0.05, 0.1) is 17.2 Å². The van der Waals surface area contributed by atoms with Gasteiger partial charge in [-0.05, 0) is 38.1 Å². The fourth-order valence-corrected chi connectivity index (χ4v) is 3.42. The van der Waals surface area contributed by atoms with Crippen molar-refractivity contribution in [2.45, 2.75) is 25.3 Å². The van der Waals surface area contributed by atoms with Crippen LogP contribution >= 0.6 is 0 Å². The minimum atomic E-state index is -0.249. The Labute approximate surface area is 143 Å². The lowest BCUT2D eigenvalue weighted by Gasteiger charge is -2.30. The summed E-state index contributed by atoms with van der Waals surface area (Å²) in [6, 6.07) is 7.41. The molecule has 0 radical (unpaired) electrons. The summed E-state index contributed by atoms with van der Waals surface area (Å²) in [6.07, 6.45) is 3.53. The molecule has 25 heavy (non-hydrogen) atoms. The first-order valence-corrected chi connectivity index (χ1v) is 8.52. The summed E-state index contributed by atoms with van der Waals surface area (Å²) < 4.78 is 1.68. The zero-order valence-electron chi connectivity index (χ0n) is 13.8. The molecule has 1 fully saturated rings. The molecule has 0 saturated carbocycles. The van der Waals surface area contributed by atoms with E-state index in [1.807, 2.05) is 24.3 Å². The summed E-state index contributed by atoms with van der Waals surface area (Å²) >= 11 is 0. The van der Waals surface area contributed by atoms with E-state index >= 15 is 0 Å². The summed E-state index contributed by atoms with van der Waals surface area (Å²) in [4.78, 5) is 33.1. The molecule has 3 aromatic rings. The van der Waals surface area contributed by atoms with Crippen LogP contribution in [-0.2, 0) is 6.54 Å². The number of hydrogen-bond acceptors (Lipinski definition) is 5. The molecule has 8 nitrogen and oxygen atoms in total. The van der Waals surface area contributed by atoms with Gasteiger partial charge in [0.1, 0.15) is 5.82 Å². The molecule has 0 unspecified atom stereocenters. The van der Waals surface area contributed by atoms with E-state index in [0.29, 0.717) is 17.8 Å². The molecule has 8 heteroatoms. The highest BCUT2D eigenvalue weighted by Crippen LogP contribution is 2.24. The molecule has 2 N–H and O–H groups in total. The molecular formula is C17H20N6O2. The molecule has 0 amide bonds. The summed E-state index contributed by atoms with van der Waals surface area (Å²) in [5.74, 6) is 1.04. The average Bonchev–Trinajstić information content (AvgIpc) is 3.08. The van der Waals surface area contributed by atoms with Crippen molar-refractivity contribution in [3.8, 4) is 0 Å². The monoisotopic (exact) mass is 340 g/mol. The van der Waals surface area contributed by atoms with Crippen LogP contribution in [0.4, 0.5) is 0 Å². The van der Waals surface area contributed by atoms with Gasteiger partial charge < -0.3 is 4.90 Å². The quantitative estimate of drug-likeness (QED) is 0.728. The summed E-state index contributed by atoms with van der Waals surface area (Å²) in [5, 5.41) is 7.12. The number of aromatic amines is 2. The third-order valence-electron chi connectivity index (χ3n) is 4.88. The van der Waals surface area contributed by atoms with Gasteiger partial charge in [0.15, 0.2) is 0 Å². The highest BCUT2D eigenvalue weighted by Gasteiger charge is 2.22. The van der Waals surface area contributed by atoms with Gasteiger partial charge in [0, 0.05) is 19.0 Å². The molecule has 0 atom stereocenters. The first kappa shape index (κ1) is 15.8. The SMILES string of the molecule is O=c1[nH]nc(C2CCN(CCn3cnc4ccccc4c3=O)CC2)[nH]1. The molecule has 0 spiro atoms. The van der Waals surface area contributed by atoms with Crippen LogP contribution in [0.5, 0.6) is 0 Å². The number of aromatic nitrogens is 5. The van der Waals surface area contributed by atoms with E-state index < -0.39 is 0 Å². The normalized spacial score (nSPS) is 16.5. The van der Waals surface area contributed by atoms with Crippen molar-refractivity contribution in [2.75, 3.05) is 19.6 Å². The smallest absolute Gasteiger partial charge is 0.302 e. The average molecular weight is 340 g/mol. The van der Waals surface area contributed by atoms with Crippen LogP contribution < -0.4 is 11.2 Å². The van der Waals surface area contributed by atoms with Crippen LogP contribution in [-0.4, -0.2) is 49.3 Å². The van der Waals surface area contributed by atoms with Gasteiger partial charge in [0.25, 0.3) is 5.56 Å². The van der Waals surface area contributed by atoms with E-state index in [0.717, 1.165) is 43.8 Å². The lowest BCUT2D eigenvalue weighted by molar-refractivity contribution is 0.202. The Balaban J connectivity index is 1.37. The molecule has 4 rings (SSSR count). The Morgan fingerprint density at radius 3 is 2.68 bits per heavy atom. The van der Waals surface area contributed by atoms with Crippen LogP contribution in [0.25, 0.3) is 10.9 Å². The molecule has 0 aliphatic carbocycles. The summed E-state index contributed by atoms with van der Waals surface area (Å²) in [6.45, 7) is 3.29. The van der Waals surface area contributed by atoms with Gasteiger partial charge in [-0.25, -0.2) is 14.9 Å².